The summed E-state index contributed by atoms with van der Waals surface area (Å²) in [5.41, 5.74) is 5.68. The lowest BCUT2D eigenvalue weighted by Gasteiger charge is -2.09. The second-order valence-corrected chi connectivity index (χ2v) is 7.16. The van der Waals surface area contributed by atoms with Gasteiger partial charge in [-0.05, 0) is 53.3 Å². The number of phenolic OH excluding ortho intramolecular Hbond substituents is 1. The molecule has 0 amide bonds. The summed E-state index contributed by atoms with van der Waals surface area (Å²) in [6.45, 7) is 2.24. The van der Waals surface area contributed by atoms with Crippen molar-refractivity contribution in [3.05, 3.63) is 77.3 Å². The molecule has 3 aromatic rings. The molecule has 3 aromatic carbocycles. The summed E-state index contributed by atoms with van der Waals surface area (Å²) < 4.78 is 0. The highest BCUT2D eigenvalue weighted by molar-refractivity contribution is 6.33. The zero-order valence-corrected chi connectivity index (χ0v) is 16.0. The molecular weight excluding hydrogens is 340 g/mol. The van der Waals surface area contributed by atoms with Gasteiger partial charge in [0.1, 0.15) is 5.75 Å². The molecule has 0 fully saturated rings. The standard InChI is InChI=1S/C24H25ClO/c1-2-3-4-5-6-18-7-9-19(10-8-18)21-13-16-23(24(25)17-21)20-11-14-22(26)15-12-20/h7-17,26H,2-6H2,1H3. The molecule has 0 aliphatic carbocycles. The number of hydrogen-bond donors (Lipinski definition) is 1. The summed E-state index contributed by atoms with van der Waals surface area (Å²) >= 11 is 6.52. The Balaban J connectivity index is 1.73. The van der Waals surface area contributed by atoms with Crippen molar-refractivity contribution in [3.8, 4) is 28.0 Å². The van der Waals surface area contributed by atoms with Crippen LogP contribution in [-0.2, 0) is 6.42 Å². The molecule has 3 rings (SSSR count). The summed E-state index contributed by atoms with van der Waals surface area (Å²) in [6, 6.07) is 22.1. The summed E-state index contributed by atoms with van der Waals surface area (Å²) in [7, 11) is 0. The van der Waals surface area contributed by atoms with Crippen molar-refractivity contribution in [2.45, 2.75) is 39.0 Å². The van der Waals surface area contributed by atoms with E-state index < -0.39 is 0 Å². The van der Waals surface area contributed by atoms with Crippen LogP contribution >= 0.6 is 11.6 Å². The predicted octanol–water partition coefficient (Wildman–Crippen LogP) is 7.50. The first-order valence-electron chi connectivity index (χ1n) is 9.35. The Labute approximate surface area is 161 Å². The third-order valence-corrected chi connectivity index (χ3v) is 5.07. The summed E-state index contributed by atoms with van der Waals surface area (Å²) in [6.07, 6.45) is 6.33. The maximum atomic E-state index is 9.44. The molecule has 26 heavy (non-hydrogen) atoms. The normalized spacial score (nSPS) is 10.8. The van der Waals surface area contributed by atoms with Gasteiger partial charge in [-0.1, -0.05) is 86.3 Å². The van der Waals surface area contributed by atoms with Gasteiger partial charge in [-0.2, -0.15) is 0 Å². The van der Waals surface area contributed by atoms with E-state index in [9.17, 15) is 5.11 Å². The first-order chi connectivity index (χ1) is 12.7. The first kappa shape index (κ1) is 18.5. The molecule has 2 heteroatoms. The lowest BCUT2D eigenvalue weighted by molar-refractivity contribution is 0.475. The molecule has 0 radical (unpaired) electrons. The van der Waals surface area contributed by atoms with Crippen LogP contribution in [0.15, 0.2) is 66.7 Å². The van der Waals surface area contributed by atoms with Crippen LogP contribution in [0.1, 0.15) is 38.2 Å². The molecule has 0 aromatic heterocycles. The van der Waals surface area contributed by atoms with Gasteiger partial charge in [0.05, 0.1) is 0 Å². The largest absolute Gasteiger partial charge is 0.508 e. The zero-order chi connectivity index (χ0) is 18.4. The van der Waals surface area contributed by atoms with E-state index in [2.05, 4.69) is 37.3 Å². The summed E-state index contributed by atoms with van der Waals surface area (Å²) in [4.78, 5) is 0. The Hall–Kier alpha value is -2.25. The maximum absolute atomic E-state index is 9.44. The summed E-state index contributed by atoms with van der Waals surface area (Å²) in [5.74, 6) is 0.260. The van der Waals surface area contributed by atoms with E-state index in [1.165, 1.54) is 36.8 Å². The minimum Gasteiger partial charge on any atom is -0.508 e. The molecule has 0 spiro atoms. The third kappa shape index (κ3) is 4.68. The fraction of sp³-hybridized carbons (Fsp3) is 0.250. The first-order valence-corrected chi connectivity index (χ1v) is 9.73. The van der Waals surface area contributed by atoms with Gasteiger partial charge in [-0.25, -0.2) is 0 Å². The highest BCUT2D eigenvalue weighted by Gasteiger charge is 2.06. The fourth-order valence-electron chi connectivity index (χ4n) is 3.19. The molecule has 0 heterocycles. The molecule has 0 bridgehead atoms. The second-order valence-electron chi connectivity index (χ2n) is 6.75. The molecule has 1 nitrogen and oxygen atoms in total. The Morgan fingerprint density at radius 1 is 0.731 bits per heavy atom. The average Bonchev–Trinajstić information content (AvgIpc) is 2.67. The van der Waals surface area contributed by atoms with Crippen molar-refractivity contribution in [2.75, 3.05) is 0 Å². The van der Waals surface area contributed by atoms with Crippen LogP contribution in [0.2, 0.25) is 5.02 Å². The average molecular weight is 365 g/mol. The molecule has 0 saturated heterocycles. The van der Waals surface area contributed by atoms with Crippen LogP contribution in [0.4, 0.5) is 0 Å². The quantitative estimate of drug-likeness (QED) is 0.430. The van der Waals surface area contributed by atoms with Gasteiger partial charge in [0.25, 0.3) is 0 Å². The third-order valence-electron chi connectivity index (χ3n) is 4.75. The van der Waals surface area contributed by atoms with Crippen molar-refractivity contribution in [1.29, 1.82) is 0 Å². The van der Waals surface area contributed by atoms with Crippen LogP contribution < -0.4 is 0 Å². The molecule has 1 N–H and O–H groups in total. The Morgan fingerprint density at radius 2 is 1.38 bits per heavy atom. The van der Waals surface area contributed by atoms with E-state index in [1.54, 1.807) is 12.1 Å². The number of aromatic hydroxyl groups is 1. The number of unbranched alkanes of at least 4 members (excludes halogenated alkanes) is 3. The number of hydrogen-bond acceptors (Lipinski definition) is 1. The minimum absolute atomic E-state index is 0.260. The maximum Gasteiger partial charge on any atom is 0.115 e. The number of halogens is 1. The summed E-state index contributed by atoms with van der Waals surface area (Å²) in [5, 5.41) is 10.2. The Morgan fingerprint density at radius 3 is 2.04 bits per heavy atom. The van der Waals surface area contributed by atoms with Crippen LogP contribution in [-0.4, -0.2) is 5.11 Å². The Kier molecular flexibility index (Phi) is 6.35. The molecule has 0 atom stereocenters. The lowest BCUT2D eigenvalue weighted by Crippen LogP contribution is -1.87. The molecule has 0 aliphatic heterocycles. The predicted molar refractivity (Wildman–Crippen MR) is 112 cm³/mol. The van der Waals surface area contributed by atoms with Gasteiger partial charge in [0.2, 0.25) is 0 Å². The molecule has 0 aliphatic rings. The van der Waals surface area contributed by atoms with E-state index in [4.69, 9.17) is 11.6 Å². The van der Waals surface area contributed by atoms with Gasteiger partial charge in [-0.15, -0.1) is 0 Å². The zero-order valence-electron chi connectivity index (χ0n) is 15.2. The molecular formula is C24H25ClO. The van der Waals surface area contributed by atoms with Gasteiger partial charge in [-0.3, -0.25) is 0 Å². The van der Waals surface area contributed by atoms with Crippen LogP contribution in [0, 0.1) is 0 Å². The molecule has 0 unspecified atom stereocenters. The highest BCUT2D eigenvalue weighted by Crippen LogP contribution is 2.33. The monoisotopic (exact) mass is 364 g/mol. The van der Waals surface area contributed by atoms with Crippen molar-refractivity contribution in [2.24, 2.45) is 0 Å². The van der Waals surface area contributed by atoms with Crippen LogP contribution in [0.5, 0.6) is 5.75 Å². The van der Waals surface area contributed by atoms with E-state index in [-0.39, 0.29) is 5.75 Å². The van der Waals surface area contributed by atoms with E-state index in [0.717, 1.165) is 28.1 Å². The van der Waals surface area contributed by atoms with Crippen molar-refractivity contribution < 1.29 is 5.11 Å². The second kappa shape index (κ2) is 8.91. The number of phenols is 1. The number of benzene rings is 3. The van der Waals surface area contributed by atoms with Gasteiger partial charge in [0, 0.05) is 10.6 Å². The number of rotatable bonds is 7. The number of aryl methyl sites for hydroxylation is 1. The topological polar surface area (TPSA) is 20.2 Å². The van der Waals surface area contributed by atoms with Gasteiger partial charge >= 0.3 is 0 Å². The smallest absolute Gasteiger partial charge is 0.115 e. The van der Waals surface area contributed by atoms with Gasteiger partial charge < -0.3 is 5.11 Å². The fourth-order valence-corrected chi connectivity index (χ4v) is 3.48. The highest BCUT2D eigenvalue weighted by atomic mass is 35.5. The van der Waals surface area contributed by atoms with Gasteiger partial charge in [0.15, 0.2) is 0 Å². The van der Waals surface area contributed by atoms with E-state index in [1.807, 2.05) is 24.3 Å². The lowest BCUT2D eigenvalue weighted by atomic mass is 9.98. The van der Waals surface area contributed by atoms with Crippen LogP contribution in [0.3, 0.4) is 0 Å². The van der Waals surface area contributed by atoms with Crippen LogP contribution in [0.25, 0.3) is 22.3 Å². The van der Waals surface area contributed by atoms with Crippen molar-refractivity contribution >= 4 is 11.6 Å². The molecule has 0 saturated carbocycles. The van der Waals surface area contributed by atoms with Crippen molar-refractivity contribution in [1.82, 2.24) is 0 Å². The van der Waals surface area contributed by atoms with E-state index in [0.29, 0.717) is 0 Å². The van der Waals surface area contributed by atoms with Crippen molar-refractivity contribution in [3.63, 3.8) is 0 Å². The SMILES string of the molecule is CCCCCCc1ccc(-c2ccc(-c3ccc(O)cc3)c(Cl)c2)cc1. The Bertz CT molecular complexity index is 835. The minimum atomic E-state index is 0.260. The molecule has 134 valence electrons. The van der Waals surface area contributed by atoms with E-state index >= 15 is 0 Å².